The van der Waals surface area contributed by atoms with Crippen LogP contribution in [0.15, 0.2) is 211 Å². The van der Waals surface area contributed by atoms with Crippen LogP contribution in [0, 0.1) is 0 Å². The molecule has 274 valence electrons. The number of nitrogens with zero attached hydrogens (tertiary/aromatic N) is 2. The van der Waals surface area contributed by atoms with Gasteiger partial charge in [-0.2, -0.15) is 0 Å². The molecule has 12 rings (SSSR count). The summed E-state index contributed by atoms with van der Waals surface area (Å²) in [7, 11) is 0. The fourth-order valence-corrected chi connectivity index (χ4v) is 9.01. The van der Waals surface area contributed by atoms with Crippen molar-refractivity contribution in [3.63, 3.8) is 0 Å². The lowest BCUT2D eigenvalue weighted by atomic mass is 9.92. The molecule has 0 N–H and O–H groups in total. The molecule has 0 spiro atoms. The minimum Gasteiger partial charge on any atom is -0.456 e. The predicted octanol–water partition coefficient (Wildman–Crippen LogP) is 15.2. The van der Waals surface area contributed by atoms with Crippen LogP contribution in [0.4, 0.5) is 0 Å². The Bertz CT molecular complexity index is 3410. The summed E-state index contributed by atoms with van der Waals surface area (Å²) in [4.78, 5) is 10.6. The summed E-state index contributed by atoms with van der Waals surface area (Å²) in [5, 5.41) is 4.79. The Kier molecular flexibility index (Phi) is 7.54. The summed E-state index contributed by atoms with van der Waals surface area (Å²) in [6.45, 7) is 0. The van der Waals surface area contributed by atoms with Gasteiger partial charge in [0.15, 0.2) is 5.82 Å². The van der Waals surface area contributed by atoms with E-state index in [0.29, 0.717) is 5.82 Å². The highest BCUT2D eigenvalue weighted by Gasteiger charge is 2.22. The first-order valence-corrected chi connectivity index (χ1v) is 20.1. The normalized spacial score (nSPS) is 11.7. The van der Waals surface area contributed by atoms with Crippen LogP contribution in [0.25, 0.3) is 122 Å². The van der Waals surface area contributed by atoms with E-state index >= 15 is 0 Å². The Morgan fingerprint density at radius 2 is 0.814 bits per heavy atom. The first-order valence-electron chi connectivity index (χ1n) is 20.1. The molecule has 0 saturated carbocycles. The quantitative estimate of drug-likeness (QED) is 0.170. The second-order valence-corrected chi connectivity index (χ2v) is 15.3. The van der Waals surface area contributed by atoms with Gasteiger partial charge in [0.25, 0.3) is 0 Å². The van der Waals surface area contributed by atoms with Gasteiger partial charge >= 0.3 is 0 Å². The van der Waals surface area contributed by atoms with Crippen molar-refractivity contribution in [1.29, 1.82) is 0 Å². The van der Waals surface area contributed by atoms with E-state index in [2.05, 4.69) is 176 Å². The highest BCUT2D eigenvalue weighted by molar-refractivity contribution is 6.18. The number of aromatic nitrogens is 2. The minimum atomic E-state index is 0.685. The number of fused-ring (bicyclic) bond motifs is 6. The molecule has 2 aromatic heterocycles. The van der Waals surface area contributed by atoms with Crippen molar-refractivity contribution in [2.45, 2.75) is 0 Å². The molecular weight excluding hydrogens is 717 g/mol. The smallest absolute Gasteiger partial charge is 0.160 e. The molecule has 59 heavy (non-hydrogen) atoms. The molecule has 2 heterocycles. The van der Waals surface area contributed by atoms with Gasteiger partial charge in [0.2, 0.25) is 0 Å². The molecule has 0 saturated heterocycles. The van der Waals surface area contributed by atoms with Gasteiger partial charge in [-0.1, -0.05) is 158 Å². The van der Waals surface area contributed by atoms with Crippen molar-refractivity contribution in [3.05, 3.63) is 206 Å². The molecule has 11 aromatic rings. The number of benzene rings is 9. The van der Waals surface area contributed by atoms with Crippen LogP contribution in [0.2, 0.25) is 0 Å². The van der Waals surface area contributed by atoms with Gasteiger partial charge in [-0.15, -0.1) is 0 Å². The number of para-hydroxylation sites is 1. The summed E-state index contributed by atoms with van der Waals surface area (Å²) >= 11 is 0. The van der Waals surface area contributed by atoms with E-state index < -0.39 is 0 Å². The summed E-state index contributed by atoms with van der Waals surface area (Å²) in [6.07, 6.45) is 0. The molecular formula is C56H34N2O. The second kappa shape index (κ2) is 13.4. The third-order valence-corrected chi connectivity index (χ3v) is 11.8. The standard InChI is InChI=1S/C56H34N2O/c1-3-13-35(14-4-1)40-30-41(37-25-28-54-50(33-37)46-21-9-10-24-53(46)59-54)32-42(31-40)52-34-51(57-56(58-52)36-15-5-2-6-16-36)39-18-11-17-38(29-39)43-26-27-49-45-20-8-7-19-44(45)48-23-12-22-47(43)55(48)49/h1-34H. The van der Waals surface area contributed by atoms with Gasteiger partial charge in [-0.25, -0.2) is 9.97 Å². The minimum absolute atomic E-state index is 0.685. The van der Waals surface area contributed by atoms with Gasteiger partial charge in [-0.05, 0) is 115 Å². The molecule has 9 aromatic carbocycles. The van der Waals surface area contributed by atoms with E-state index in [1.807, 2.05) is 30.3 Å². The molecule has 1 aliphatic carbocycles. The Balaban J connectivity index is 1.03. The zero-order chi connectivity index (χ0) is 38.9. The van der Waals surface area contributed by atoms with Crippen molar-refractivity contribution in [2.75, 3.05) is 0 Å². The van der Waals surface area contributed by atoms with Crippen LogP contribution in [-0.2, 0) is 0 Å². The molecule has 0 amide bonds. The second-order valence-electron chi connectivity index (χ2n) is 15.3. The van der Waals surface area contributed by atoms with Crippen molar-refractivity contribution in [2.24, 2.45) is 0 Å². The maximum Gasteiger partial charge on any atom is 0.160 e. The van der Waals surface area contributed by atoms with Crippen molar-refractivity contribution in [1.82, 2.24) is 9.97 Å². The zero-order valence-corrected chi connectivity index (χ0v) is 31.9. The topological polar surface area (TPSA) is 38.9 Å². The third-order valence-electron chi connectivity index (χ3n) is 11.8. The fraction of sp³-hybridized carbons (Fsp3) is 0. The molecule has 0 atom stereocenters. The predicted molar refractivity (Wildman–Crippen MR) is 244 cm³/mol. The number of furan rings is 1. The maximum absolute atomic E-state index is 6.21. The lowest BCUT2D eigenvalue weighted by molar-refractivity contribution is 0.669. The number of hydrogen-bond acceptors (Lipinski definition) is 3. The Hall–Kier alpha value is -7.88. The monoisotopic (exact) mass is 750 g/mol. The van der Waals surface area contributed by atoms with Crippen LogP contribution >= 0.6 is 0 Å². The first kappa shape index (κ1) is 33.3. The molecule has 3 heteroatoms. The van der Waals surface area contributed by atoms with Crippen LogP contribution in [0.5, 0.6) is 0 Å². The Morgan fingerprint density at radius 3 is 1.63 bits per heavy atom. The van der Waals surface area contributed by atoms with Crippen molar-refractivity contribution in [3.8, 4) is 89.5 Å². The Morgan fingerprint density at radius 1 is 0.271 bits per heavy atom. The number of rotatable bonds is 6. The summed E-state index contributed by atoms with van der Waals surface area (Å²) in [6, 6.07) is 73.4. The summed E-state index contributed by atoms with van der Waals surface area (Å²) in [5.74, 6) is 0.685. The number of hydrogen-bond donors (Lipinski definition) is 0. The third kappa shape index (κ3) is 5.59. The first-order chi connectivity index (χ1) is 29.2. The van der Waals surface area contributed by atoms with E-state index in [9.17, 15) is 0 Å². The van der Waals surface area contributed by atoms with Gasteiger partial charge in [-0.3, -0.25) is 0 Å². The molecule has 3 nitrogen and oxygen atoms in total. The van der Waals surface area contributed by atoms with Crippen molar-refractivity contribution >= 4 is 32.7 Å². The molecule has 0 fully saturated rings. The Labute approximate surface area is 341 Å². The average Bonchev–Trinajstić information content (AvgIpc) is 3.85. The van der Waals surface area contributed by atoms with Gasteiger partial charge < -0.3 is 4.42 Å². The molecule has 0 bridgehead atoms. The molecule has 0 aliphatic heterocycles. The molecule has 0 radical (unpaired) electrons. The lowest BCUT2D eigenvalue weighted by Gasteiger charge is -2.14. The zero-order valence-electron chi connectivity index (χ0n) is 31.9. The SMILES string of the molecule is c1ccc(-c2cc(-c3ccc4oc5ccccc5c4c3)cc(-c3cc(-c4cccc(-c5ccc6c7c(cccc57)-c5ccccc5-6)c4)nc(-c4ccccc4)n3)c2)cc1. The molecule has 1 aliphatic rings. The summed E-state index contributed by atoms with van der Waals surface area (Å²) < 4.78 is 6.21. The van der Waals surface area contributed by atoms with E-state index in [1.165, 1.54) is 38.6 Å². The van der Waals surface area contributed by atoms with Crippen LogP contribution in [-0.4, -0.2) is 9.97 Å². The van der Waals surface area contributed by atoms with E-state index in [1.54, 1.807) is 0 Å². The van der Waals surface area contributed by atoms with Crippen LogP contribution < -0.4 is 0 Å². The van der Waals surface area contributed by atoms with Gasteiger partial charge in [0.05, 0.1) is 11.4 Å². The highest BCUT2D eigenvalue weighted by Crippen LogP contribution is 2.49. The van der Waals surface area contributed by atoms with Crippen molar-refractivity contribution < 1.29 is 4.42 Å². The summed E-state index contributed by atoms with van der Waals surface area (Å²) in [5.41, 5.74) is 18.6. The van der Waals surface area contributed by atoms with Gasteiger partial charge in [0.1, 0.15) is 11.2 Å². The molecule has 0 unspecified atom stereocenters. The van der Waals surface area contributed by atoms with E-state index in [4.69, 9.17) is 14.4 Å². The van der Waals surface area contributed by atoms with Crippen LogP contribution in [0.1, 0.15) is 0 Å². The lowest BCUT2D eigenvalue weighted by Crippen LogP contribution is -1.97. The van der Waals surface area contributed by atoms with E-state index in [-0.39, 0.29) is 0 Å². The fourth-order valence-electron chi connectivity index (χ4n) is 9.01. The van der Waals surface area contributed by atoms with Gasteiger partial charge in [0, 0.05) is 27.5 Å². The van der Waals surface area contributed by atoms with E-state index in [0.717, 1.165) is 77.8 Å². The van der Waals surface area contributed by atoms with Crippen LogP contribution in [0.3, 0.4) is 0 Å². The maximum atomic E-state index is 6.21. The largest absolute Gasteiger partial charge is 0.456 e. The highest BCUT2D eigenvalue weighted by atomic mass is 16.3. The average molecular weight is 751 g/mol.